The van der Waals surface area contributed by atoms with E-state index in [0.29, 0.717) is 5.92 Å². The second-order valence-corrected chi connectivity index (χ2v) is 5.39. The summed E-state index contributed by atoms with van der Waals surface area (Å²) in [6, 6.07) is 11.9. The monoisotopic (exact) mass is 242 g/mol. The standard InChI is InChI=1S/C15H18N2O/c1-15(18,11-12-7-8-12)14-9-10-16-17(14)13-5-3-2-4-6-13/h2-6,9-10,12,18H,7-8,11H2,1H3. The van der Waals surface area contributed by atoms with Crippen LogP contribution < -0.4 is 0 Å². The maximum atomic E-state index is 10.7. The Morgan fingerprint density at radius 1 is 1.28 bits per heavy atom. The first-order chi connectivity index (χ1) is 8.67. The number of para-hydroxylation sites is 1. The molecule has 1 unspecified atom stereocenters. The molecule has 1 aliphatic carbocycles. The molecule has 18 heavy (non-hydrogen) atoms. The van der Waals surface area contributed by atoms with Crippen LogP contribution in [0.25, 0.3) is 5.69 Å². The van der Waals surface area contributed by atoms with E-state index in [1.807, 2.05) is 48.0 Å². The number of rotatable bonds is 4. The molecule has 1 aromatic carbocycles. The Balaban J connectivity index is 1.95. The van der Waals surface area contributed by atoms with Crippen molar-refractivity contribution in [2.24, 2.45) is 5.92 Å². The molecule has 0 amide bonds. The summed E-state index contributed by atoms with van der Waals surface area (Å²) < 4.78 is 1.84. The lowest BCUT2D eigenvalue weighted by molar-refractivity contribution is 0.0349. The summed E-state index contributed by atoms with van der Waals surface area (Å²) in [5.41, 5.74) is 1.07. The minimum absolute atomic E-state index is 0.680. The molecule has 1 saturated carbocycles. The highest BCUT2D eigenvalue weighted by Gasteiger charge is 2.35. The van der Waals surface area contributed by atoms with Crippen molar-refractivity contribution in [2.45, 2.75) is 31.8 Å². The molecule has 1 heterocycles. The Labute approximate surface area is 107 Å². The minimum atomic E-state index is -0.798. The topological polar surface area (TPSA) is 38.1 Å². The van der Waals surface area contributed by atoms with Crippen LogP contribution in [0, 0.1) is 5.92 Å². The minimum Gasteiger partial charge on any atom is -0.384 e. The molecule has 94 valence electrons. The van der Waals surface area contributed by atoms with Crippen LogP contribution in [0.3, 0.4) is 0 Å². The fourth-order valence-corrected chi connectivity index (χ4v) is 2.47. The van der Waals surface area contributed by atoms with Crippen molar-refractivity contribution in [1.29, 1.82) is 0 Å². The highest BCUT2D eigenvalue weighted by molar-refractivity contribution is 5.33. The zero-order valence-electron chi connectivity index (χ0n) is 10.6. The highest BCUT2D eigenvalue weighted by Crippen LogP contribution is 2.40. The van der Waals surface area contributed by atoms with Gasteiger partial charge in [0.2, 0.25) is 0 Å². The largest absolute Gasteiger partial charge is 0.384 e. The molecule has 0 saturated heterocycles. The van der Waals surface area contributed by atoms with Crippen LogP contribution >= 0.6 is 0 Å². The lowest BCUT2D eigenvalue weighted by Crippen LogP contribution is -2.25. The van der Waals surface area contributed by atoms with Crippen molar-refractivity contribution in [3.63, 3.8) is 0 Å². The molecular formula is C15H18N2O. The van der Waals surface area contributed by atoms with Gasteiger partial charge in [0.05, 0.1) is 11.4 Å². The van der Waals surface area contributed by atoms with Gasteiger partial charge in [-0.05, 0) is 37.5 Å². The average Bonchev–Trinajstić information content (AvgIpc) is 3.01. The predicted octanol–water partition coefficient (Wildman–Crippen LogP) is 2.88. The van der Waals surface area contributed by atoms with E-state index in [2.05, 4.69) is 5.10 Å². The summed E-state index contributed by atoms with van der Waals surface area (Å²) in [6.45, 7) is 1.89. The van der Waals surface area contributed by atoms with Crippen LogP contribution in [0.1, 0.15) is 31.9 Å². The third kappa shape index (κ3) is 2.18. The van der Waals surface area contributed by atoms with E-state index in [-0.39, 0.29) is 0 Å². The molecule has 3 nitrogen and oxygen atoms in total. The summed E-state index contributed by atoms with van der Waals surface area (Å²) >= 11 is 0. The number of benzene rings is 1. The Bertz CT molecular complexity index is 526. The fourth-order valence-electron chi connectivity index (χ4n) is 2.47. The number of hydrogen-bond donors (Lipinski definition) is 1. The number of hydrogen-bond acceptors (Lipinski definition) is 2. The maximum Gasteiger partial charge on any atom is 0.104 e. The SMILES string of the molecule is CC(O)(CC1CC1)c1ccnn1-c1ccccc1. The molecule has 1 aliphatic rings. The van der Waals surface area contributed by atoms with E-state index in [1.54, 1.807) is 6.20 Å². The Kier molecular flexibility index (Phi) is 2.71. The first kappa shape index (κ1) is 11.5. The Morgan fingerprint density at radius 3 is 2.67 bits per heavy atom. The second kappa shape index (κ2) is 4.25. The van der Waals surface area contributed by atoms with Gasteiger partial charge in [-0.25, -0.2) is 4.68 Å². The van der Waals surface area contributed by atoms with Gasteiger partial charge >= 0.3 is 0 Å². The van der Waals surface area contributed by atoms with E-state index >= 15 is 0 Å². The van der Waals surface area contributed by atoms with Crippen molar-refractivity contribution >= 4 is 0 Å². The zero-order valence-corrected chi connectivity index (χ0v) is 10.6. The molecule has 1 fully saturated rings. The first-order valence-electron chi connectivity index (χ1n) is 6.49. The van der Waals surface area contributed by atoms with E-state index in [9.17, 15) is 5.11 Å². The smallest absolute Gasteiger partial charge is 0.104 e. The molecule has 2 aromatic rings. The normalized spacial score (nSPS) is 18.6. The van der Waals surface area contributed by atoms with E-state index in [0.717, 1.165) is 17.8 Å². The van der Waals surface area contributed by atoms with Gasteiger partial charge in [-0.1, -0.05) is 31.0 Å². The summed E-state index contributed by atoms with van der Waals surface area (Å²) in [5.74, 6) is 0.680. The van der Waals surface area contributed by atoms with Crippen molar-refractivity contribution in [3.8, 4) is 5.69 Å². The number of aromatic nitrogens is 2. The number of nitrogens with zero attached hydrogens (tertiary/aromatic N) is 2. The summed E-state index contributed by atoms with van der Waals surface area (Å²) in [5, 5.41) is 15.0. The van der Waals surface area contributed by atoms with Crippen molar-refractivity contribution < 1.29 is 5.11 Å². The lowest BCUT2D eigenvalue weighted by Gasteiger charge is -2.24. The Hall–Kier alpha value is -1.61. The zero-order chi connectivity index (χ0) is 12.6. The molecule has 3 heteroatoms. The van der Waals surface area contributed by atoms with Gasteiger partial charge in [0.1, 0.15) is 5.60 Å². The van der Waals surface area contributed by atoms with Gasteiger partial charge in [0.15, 0.2) is 0 Å². The summed E-state index contributed by atoms with van der Waals surface area (Å²) in [6.07, 6.45) is 5.07. The maximum absolute atomic E-state index is 10.7. The third-order valence-corrected chi connectivity index (χ3v) is 3.58. The van der Waals surface area contributed by atoms with Gasteiger partial charge in [0.25, 0.3) is 0 Å². The summed E-state index contributed by atoms with van der Waals surface area (Å²) in [7, 11) is 0. The van der Waals surface area contributed by atoms with Crippen LogP contribution in [-0.2, 0) is 5.60 Å². The van der Waals surface area contributed by atoms with Gasteiger partial charge < -0.3 is 5.11 Å². The second-order valence-electron chi connectivity index (χ2n) is 5.39. The van der Waals surface area contributed by atoms with Gasteiger partial charge in [-0.2, -0.15) is 5.10 Å². The van der Waals surface area contributed by atoms with Gasteiger partial charge in [0, 0.05) is 6.20 Å². The summed E-state index contributed by atoms with van der Waals surface area (Å²) in [4.78, 5) is 0. The molecule has 0 spiro atoms. The van der Waals surface area contributed by atoms with Crippen molar-refractivity contribution in [2.75, 3.05) is 0 Å². The van der Waals surface area contributed by atoms with E-state index in [4.69, 9.17) is 0 Å². The molecule has 0 bridgehead atoms. The van der Waals surface area contributed by atoms with Crippen molar-refractivity contribution in [1.82, 2.24) is 9.78 Å². The molecular weight excluding hydrogens is 224 g/mol. The first-order valence-corrected chi connectivity index (χ1v) is 6.49. The van der Waals surface area contributed by atoms with Crippen LogP contribution in [0.2, 0.25) is 0 Å². The molecule has 0 aliphatic heterocycles. The van der Waals surface area contributed by atoms with E-state index < -0.39 is 5.60 Å². The average molecular weight is 242 g/mol. The van der Waals surface area contributed by atoms with Gasteiger partial charge in [-0.3, -0.25) is 0 Å². The molecule has 3 rings (SSSR count). The lowest BCUT2D eigenvalue weighted by atomic mass is 9.95. The molecule has 1 atom stereocenters. The van der Waals surface area contributed by atoms with Gasteiger partial charge in [-0.15, -0.1) is 0 Å². The van der Waals surface area contributed by atoms with Crippen LogP contribution in [0.15, 0.2) is 42.6 Å². The molecule has 1 N–H and O–H groups in total. The molecule has 1 aromatic heterocycles. The Morgan fingerprint density at radius 2 is 2.00 bits per heavy atom. The van der Waals surface area contributed by atoms with Crippen LogP contribution in [0.4, 0.5) is 0 Å². The van der Waals surface area contributed by atoms with Crippen molar-refractivity contribution in [3.05, 3.63) is 48.3 Å². The predicted molar refractivity (Wildman–Crippen MR) is 70.5 cm³/mol. The van der Waals surface area contributed by atoms with Crippen LogP contribution in [-0.4, -0.2) is 14.9 Å². The molecule has 0 radical (unpaired) electrons. The van der Waals surface area contributed by atoms with E-state index in [1.165, 1.54) is 12.8 Å². The number of aliphatic hydroxyl groups is 1. The van der Waals surface area contributed by atoms with Crippen LogP contribution in [0.5, 0.6) is 0 Å². The quantitative estimate of drug-likeness (QED) is 0.895. The fraction of sp³-hybridized carbons (Fsp3) is 0.400. The highest BCUT2D eigenvalue weighted by atomic mass is 16.3. The third-order valence-electron chi connectivity index (χ3n) is 3.58.